The molecule has 0 saturated carbocycles. The molecule has 1 aliphatic carbocycles. The Balaban J connectivity index is 1.58. The lowest BCUT2D eigenvalue weighted by molar-refractivity contribution is -0.385. The maximum atomic E-state index is 13.1. The van der Waals surface area contributed by atoms with Crippen LogP contribution in [0.5, 0.6) is 0 Å². The van der Waals surface area contributed by atoms with Crippen molar-refractivity contribution < 1.29 is 14.5 Å². The van der Waals surface area contributed by atoms with Crippen LogP contribution in [0.2, 0.25) is 0 Å². The quantitative estimate of drug-likeness (QED) is 0.391. The number of nitrogens with one attached hydrogen (secondary N) is 1. The van der Waals surface area contributed by atoms with E-state index in [1.165, 1.54) is 22.2 Å². The summed E-state index contributed by atoms with van der Waals surface area (Å²) < 4.78 is 1.20. The zero-order chi connectivity index (χ0) is 19.7. The second-order valence-electron chi connectivity index (χ2n) is 6.46. The van der Waals surface area contributed by atoms with Gasteiger partial charge in [0.15, 0.2) is 5.78 Å². The third-order valence-electron chi connectivity index (χ3n) is 4.57. The number of ketones is 1. The molecule has 0 unspecified atom stereocenters. The molecular formula is C19H16N4O4S. The van der Waals surface area contributed by atoms with Crippen LogP contribution in [-0.4, -0.2) is 26.4 Å². The lowest BCUT2D eigenvalue weighted by Gasteiger charge is -2.08. The molecular weight excluding hydrogens is 380 g/mol. The van der Waals surface area contributed by atoms with E-state index in [1.807, 2.05) is 18.2 Å². The molecule has 9 heteroatoms. The van der Waals surface area contributed by atoms with Gasteiger partial charge in [-0.05, 0) is 24.8 Å². The van der Waals surface area contributed by atoms with Crippen LogP contribution in [0, 0.1) is 10.1 Å². The number of hydrogen-bond donors (Lipinski definition) is 1. The van der Waals surface area contributed by atoms with Gasteiger partial charge in [-0.25, -0.2) is 0 Å². The van der Waals surface area contributed by atoms with Crippen molar-refractivity contribution >= 4 is 33.7 Å². The van der Waals surface area contributed by atoms with E-state index < -0.39 is 4.92 Å². The number of fused-ring (bicyclic) bond motifs is 1. The molecule has 2 aromatic heterocycles. The highest BCUT2D eigenvalue weighted by Crippen LogP contribution is 2.40. The molecule has 0 radical (unpaired) electrons. The number of carbonyl (C=O) groups is 2. The van der Waals surface area contributed by atoms with Crippen molar-refractivity contribution in [2.75, 3.05) is 5.32 Å². The van der Waals surface area contributed by atoms with E-state index in [4.69, 9.17) is 0 Å². The Morgan fingerprint density at radius 3 is 2.75 bits per heavy atom. The van der Waals surface area contributed by atoms with Crippen molar-refractivity contribution in [2.24, 2.45) is 0 Å². The van der Waals surface area contributed by atoms with Crippen LogP contribution in [0.4, 0.5) is 10.7 Å². The molecule has 4 rings (SSSR count). The molecule has 1 amide bonds. The summed E-state index contributed by atoms with van der Waals surface area (Å²) >= 11 is 1.43. The molecule has 1 aliphatic rings. The molecule has 1 aromatic carbocycles. The number of aromatic nitrogens is 2. The monoisotopic (exact) mass is 396 g/mol. The third-order valence-corrected chi connectivity index (χ3v) is 5.78. The van der Waals surface area contributed by atoms with Crippen LogP contribution >= 0.6 is 11.3 Å². The molecule has 0 fully saturated rings. The molecule has 28 heavy (non-hydrogen) atoms. The SMILES string of the molecule is O=C(Cn1cc([N+](=O)[O-])cn1)Nc1sc2c(c1C(=O)c1ccccc1)CCC2. The van der Waals surface area contributed by atoms with E-state index in [1.54, 1.807) is 12.1 Å². The Hall–Kier alpha value is -3.33. The van der Waals surface area contributed by atoms with E-state index in [0.717, 1.165) is 35.9 Å². The van der Waals surface area contributed by atoms with Gasteiger partial charge in [0.05, 0.1) is 10.5 Å². The number of aryl methyl sites for hydroxylation is 1. The van der Waals surface area contributed by atoms with E-state index in [2.05, 4.69) is 10.4 Å². The lowest BCUT2D eigenvalue weighted by Crippen LogP contribution is -2.20. The topological polar surface area (TPSA) is 107 Å². The van der Waals surface area contributed by atoms with E-state index in [0.29, 0.717) is 16.1 Å². The molecule has 0 spiro atoms. The van der Waals surface area contributed by atoms with Crippen LogP contribution in [-0.2, 0) is 24.2 Å². The Morgan fingerprint density at radius 2 is 2.04 bits per heavy atom. The van der Waals surface area contributed by atoms with Gasteiger partial charge in [0, 0.05) is 10.4 Å². The highest BCUT2D eigenvalue weighted by Gasteiger charge is 2.28. The molecule has 8 nitrogen and oxygen atoms in total. The standard InChI is InChI=1S/C19H16N4O4S/c24-16(11-22-10-13(9-20-22)23(26)27)21-19-17(14-7-4-8-15(14)28-19)18(25)12-5-2-1-3-6-12/h1-3,5-6,9-10H,4,7-8,11H2,(H,21,24). The van der Waals surface area contributed by atoms with Crippen LogP contribution in [0.3, 0.4) is 0 Å². The predicted molar refractivity (Wildman–Crippen MR) is 104 cm³/mol. The largest absolute Gasteiger partial charge is 0.315 e. The minimum Gasteiger partial charge on any atom is -0.315 e. The van der Waals surface area contributed by atoms with E-state index in [-0.39, 0.29) is 23.9 Å². The van der Waals surface area contributed by atoms with Crippen molar-refractivity contribution in [1.82, 2.24) is 9.78 Å². The summed E-state index contributed by atoms with van der Waals surface area (Å²) in [6.07, 6.45) is 5.01. The lowest BCUT2D eigenvalue weighted by atomic mass is 10.0. The first-order valence-electron chi connectivity index (χ1n) is 8.74. The van der Waals surface area contributed by atoms with Gasteiger partial charge < -0.3 is 5.32 Å². The summed E-state index contributed by atoms with van der Waals surface area (Å²) in [4.78, 5) is 36.8. The number of anilines is 1. The second kappa shape index (κ2) is 7.35. The zero-order valence-electron chi connectivity index (χ0n) is 14.8. The molecule has 0 atom stereocenters. The minimum absolute atomic E-state index is 0.106. The first-order chi connectivity index (χ1) is 13.5. The van der Waals surface area contributed by atoms with Crippen LogP contribution in [0.25, 0.3) is 0 Å². The van der Waals surface area contributed by atoms with Crippen molar-refractivity contribution in [1.29, 1.82) is 0 Å². The first-order valence-corrected chi connectivity index (χ1v) is 9.55. The average Bonchev–Trinajstić information content (AvgIpc) is 3.38. The highest BCUT2D eigenvalue weighted by molar-refractivity contribution is 7.17. The molecule has 1 N–H and O–H groups in total. The van der Waals surface area contributed by atoms with E-state index >= 15 is 0 Å². The third kappa shape index (κ3) is 3.44. The smallest absolute Gasteiger partial charge is 0.307 e. The van der Waals surface area contributed by atoms with Gasteiger partial charge in [0.2, 0.25) is 5.91 Å². The van der Waals surface area contributed by atoms with Gasteiger partial charge in [-0.15, -0.1) is 11.3 Å². The molecule has 0 aliphatic heterocycles. The summed E-state index contributed by atoms with van der Waals surface area (Å²) in [5.41, 5.74) is 1.98. The van der Waals surface area contributed by atoms with Crippen molar-refractivity contribution in [2.45, 2.75) is 25.8 Å². The molecule has 0 bridgehead atoms. The average molecular weight is 396 g/mol. The van der Waals surface area contributed by atoms with Crippen molar-refractivity contribution in [3.05, 3.63) is 74.4 Å². The van der Waals surface area contributed by atoms with Crippen molar-refractivity contribution in [3.8, 4) is 0 Å². The first kappa shape index (κ1) is 18.1. The van der Waals surface area contributed by atoms with Crippen LogP contribution in [0.1, 0.15) is 32.8 Å². The Labute approximate surface area is 164 Å². The fourth-order valence-corrected chi connectivity index (χ4v) is 4.62. The number of thiophene rings is 1. The van der Waals surface area contributed by atoms with Crippen molar-refractivity contribution in [3.63, 3.8) is 0 Å². The van der Waals surface area contributed by atoms with Gasteiger partial charge in [-0.2, -0.15) is 5.10 Å². The van der Waals surface area contributed by atoms with Gasteiger partial charge in [-0.1, -0.05) is 30.3 Å². The zero-order valence-corrected chi connectivity index (χ0v) is 15.6. The van der Waals surface area contributed by atoms with Gasteiger partial charge in [-0.3, -0.25) is 24.4 Å². The van der Waals surface area contributed by atoms with Crippen LogP contribution in [0.15, 0.2) is 42.7 Å². The summed E-state index contributed by atoms with van der Waals surface area (Å²) in [7, 11) is 0. The number of benzene rings is 1. The number of carbonyl (C=O) groups excluding carboxylic acids is 2. The number of rotatable bonds is 6. The second-order valence-corrected chi connectivity index (χ2v) is 7.56. The number of hydrogen-bond acceptors (Lipinski definition) is 6. The number of amides is 1. The maximum Gasteiger partial charge on any atom is 0.307 e. The molecule has 0 saturated heterocycles. The van der Waals surface area contributed by atoms with Gasteiger partial charge >= 0.3 is 5.69 Å². The highest BCUT2D eigenvalue weighted by atomic mass is 32.1. The van der Waals surface area contributed by atoms with Gasteiger partial charge in [0.25, 0.3) is 0 Å². The minimum atomic E-state index is -0.568. The van der Waals surface area contributed by atoms with Crippen LogP contribution < -0.4 is 5.32 Å². The Morgan fingerprint density at radius 1 is 1.25 bits per heavy atom. The maximum absolute atomic E-state index is 13.1. The molecule has 142 valence electrons. The summed E-state index contributed by atoms with van der Waals surface area (Å²) in [6.45, 7) is -0.171. The number of nitrogens with zero attached hydrogens (tertiary/aromatic N) is 3. The molecule has 3 aromatic rings. The summed E-state index contributed by atoms with van der Waals surface area (Å²) in [5, 5.41) is 17.9. The predicted octanol–water partition coefficient (Wildman–Crippen LogP) is 3.21. The fourth-order valence-electron chi connectivity index (χ4n) is 3.31. The van der Waals surface area contributed by atoms with Gasteiger partial charge in [0.1, 0.15) is 23.9 Å². The Kier molecular flexibility index (Phi) is 4.74. The fraction of sp³-hybridized carbons (Fsp3) is 0.211. The summed E-state index contributed by atoms with van der Waals surface area (Å²) in [6, 6.07) is 8.98. The summed E-state index contributed by atoms with van der Waals surface area (Å²) in [5.74, 6) is -0.495. The molecule has 2 heterocycles. The number of nitro groups is 1. The van der Waals surface area contributed by atoms with E-state index in [9.17, 15) is 19.7 Å². The normalized spacial score (nSPS) is 12.6. The Bertz CT molecular complexity index is 1070.